The lowest BCUT2D eigenvalue weighted by atomic mass is 9.95. The van der Waals surface area contributed by atoms with E-state index in [2.05, 4.69) is 16.9 Å². The van der Waals surface area contributed by atoms with E-state index in [9.17, 15) is 14.7 Å². The third-order valence-corrected chi connectivity index (χ3v) is 7.35. The van der Waals surface area contributed by atoms with Crippen LogP contribution in [0.25, 0.3) is 22.2 Å². The van der Waals surface area contributed by atoms with Crippen LogP contribution in [0.5, 0.6) is 5.88 Å². The zero-order valence-corrected chi connectivity index (χ0v) is 21.8. The smallest absolute Gasteiger partial charge is 0.354 e. The highest BCUT2D eigenvalue weighted by atomic mass is 16.5. The molecule has 1 saturated heterocycles. The minimum atomic E-state index is -1.09. The fourth-order valence-electron chi connectivity index (χ4n) is 5.31. The quantitative estimate of drug-likeness (QED) is 0.527. The molecule has 0 spiro atoms. The molecule has 37 heavy (non-hydrogen) atoms. The fourth-order valence-corrected chi connectivity index (χ4v) is 5.31. The second-order valence-electron chi connectivity index (χ2n) is 10.4. The largest absolute Gasteiger partial charge is 0.477 e. The first-order valence-corrected chi connectivity index (χ1v) is 13.2. The van der Waals surface area contributed by atoms with E-state index in [1.807, 2.05) is 47.7 Å². The maximum atomic E-state index is 13.1. The molecule has 1 N–H and O–H groups in total. The Kier molecular flexibility index (Phi) is 7.15. The Morgan fingerprint density at radius 2 is 1.70 bits per heavy atom. The van der Waals surface area contributed by atoms with Crippen LogP contribution in [0.15, 0.2) is 30.3 Å². The van der Waals surface area contributed by atoms with Gasteiger partial charge in [-0.2, -0.15) is 0 Å². The molecule has 1 amide bonds. The Bertz CT molecular complexity index is 1290. The van der Waals surface area contributed by atoms with Crippen molar-refractivity contribution in [2.45, 2.75) is 58.1 Å². The van der Waals surface area contributed by atoms with Crippen molar-refractivity contribution in [3.63, 3.8) is 0 Å². The van der Waals surface area contributed by atoms with Crippen molar-refractivity contribution in [3.05, 3.63) is 41.6 Å². The van der Waals surface area contributed by atoms with Crippen molar-refractivity contribution in [1.29, 1.82) is 0 Å². The lowest BCUT2D eigenvalue weighted by molar-refractivity contribution is 0.0661. The fraction of sp³-hybridized carbons (Fsp3) is 0.500. The number of amides is 1. The number of nitrogens with zero attached hydrogens (tertiary/aromatic N) is 5. The van der Waals surface area contributed by atoms with Crippen LogP contribution in [0.2, 0.25) is 0 Å². The summed E-state index contributed by atoms with van der Waals surface area (Å²) in [6, 6.07) is 9.13. The highest BCUT2D eigenvalue weighted by Gasteiger charge is 2.27. The number of carbonyl (C=O) groups excluding carboxylic acids is 1. The number of carboxylic acids is 1. The number of pyridine rings is 1. The lowest BCUT2D eigenvalue weighted by Crippen LogP contribution is -2.47. The summed E-state index contributed by atoms with van der Waals surface area (Å²) in [6.45, 7) is 7.03. The molecule has 1 aliphatic heterocycles. The van der Waals surface area contributed by atoms with Crippen molar-refractivity contribution >= 4 is 22.9 Å². The number of likely N-dealkylation sites (N-methyl/N-ethyl adjacent to an activating group) is 1. The van der Waals surface area contributed by atoms with Gasteiger partial charge >= 0.3 is 5.97 Å². The number of hydrogen-bond donors (Lipinski definition) is 1. The lowest BCUT2D eigenvalue weighted by Gasteiger charge is -2.32. The molecule has 3 heterocycles. The first-order valence-electron chi connectivity index (χ1n) is 13.2. The summed E-state index contributed by atoms with van der Waals surface area (Å²) >= 11 is 0. The van der Waals surface area contributed by atoms with Gasteiger partial charge < -0.3 is 19.6 Å². The number of piperazine rings is 1. The summed E-state index contributed by atoms with van der Waals surface area (Å²) < 4.78 is 8.01. The SMILES string of the molecule is CC(C)Oc1nn(C2CCCCC2)c2nc(C(=O)O)cc(-c3ccc(C(=O)N4CCN(C)CC4)cc3)c12. The molecular formula is C28H35N5O4. The van der Waals surface area contributed by atoms with Gasteiger partial charge in [0.2, 0.25) is 5.88 Å². The maximum Gasteiger partial charge on any atom is 0.354 e. The number of benzene rings is 1. The molecule has 9 nitrogen and oxygen atoms in total. The summed E-state index contributed by atoms with van der Waals surface area (Å²) in [4.78, 5) is 33.7. The molecular weight excluding hydrogens is 470 g/mol. The topological polar surface area (TPSA) is 101 Å². The van der Waals surface area contributed by atoms with E-state index in [-0.39, 0.29) is 23.7 Å². The van der Waals surface area contributed by atoms with Gasteiger partial charge in [0, 0.05) is 37.3 Å². The van der Waals surface area contributed by atoms with Gasteiger partial charge in [-0.15, -0.1) is 5.10 Å². The third kappa shape index (κ3) is 5.18. The standard InChI is InChI=1S/C28H35N5O4/c1-18(2)37-26-24-22(19-9-11-20(12-10-19)27(34)32-15-13-31(3)14-16-32)17-23(28(35)36)29-25(24)33(30-26)21-7-5-4-6-8-21/h9-12,17-18,21H,4-8,13-16H2,1-3H3,(H,35,36). The first kappa shape index (κ1) is 25.2. The molecule has 0 radical (unpaired) electrons. The Labute approximate surface area is 217 Å². The zero-order chi connectivity index (χ0) is 26.1. The second kappa shape index (κ2) is 10.5. The van der Waals surface area contributed by atoms with Gasteiger partial charge in [0.25, 0.3) is 5.91 Å². The molecule has 1 saturated carbocycles. The van der Waals surface area contributed by atoms with Crippen LogP contribution in [-0.2, 0) is 0 Å². The first-order chi connectivity index (χ1) is 17.8. The number of aromatic nitrogens is 3. The summed E-state index contributed by atoms with van der Waals surface area (Å²) in [7, 11) is 2.06. The molecule has 0 bridgehead atoms. The normalized spacial score (nSPS) is 17.5. The predicted molar refractivity (Wildman–Crippen MR) is 141 cm³/mol. The number of ether oxygens (including phenoxy) is 1. The van der Waals surface area contributed by atoms with Crippen LogP contribution in [0.1, 0.15) is 72.8 Å². The van der Waals surface area contributed by atoms with Crippen molar-refractivity contribution in [3.8, 4) is 17.0 Å². The molecule has 9 heteroatoms. The summed E-state index contributed by atoms with van der Waals surface area (Å²) in [5.74, 6) is -0.611. The van der Waals surface area contributed by atoms with Crippen LogP contribution in [-0.4, -0.2) is 80.9 Å². The molecule has 1 aliphatic carbocycles. The Hall–Kier alpha value is -3.46. The highest BCUT2D eigenvalue weighted by molar-refractivity contribution is 6.01. The van der Waals surface area contributed by atoms with Gasteiger partial charge in [-0.25, -0.2) is 14.5 Å². The minimum Gasteiger partial charge on any atom is -0.477 e. The zero-order valence-electron chi connectivity index (χ0n) is 21.8. The van der Waals surface area contributed by atoms with Crippen molar-refractivity contribution in [2.75, 3.05) is 33.2 Å². The Balaban J connectivity index is 1.58. The monoisotopic (exact) mass is 505 g/mol. The Morgan fingerprint density at radius 1 is 1.03 bits per heavy atom. The molecule has 0 unspecified atom stereocenters. The molecule has 2 fully saturated rings. The average Bonchev–Trinajstić information content (AvgIpc) is 3.26. The van der Waals surface area contributed by atoms with Crippen LogP contribution in [0.3, 0.4) is 0 Å². The number of carboxylic acid groups (broad SMARTS) is 1. The van der Waals surface area contributed by atoms with Crippen LogP contribution in [0.4, 0.5) is 0 Å². The summed E-state index contributed by atoms with van der Waals surface area (Å²) in [6.07, 6.45) is 5.28. The van der Waals surface area contributed by atoms with Crippen molar-refractivity contribution in [1.82, 2.24) is 24.6 Å². The van der Waals surface area contributed by atoms with Crippen molar-refractivity contribution in [2.24, 2.45) is 0 Å². The highest BCUT2D eigenvalue weighted by Crippen LogP contribution is 2.39. The molecule has 2 aliphatic rings. The van der Waals surface area contributed by atoms with Gasteiger partial charge in [-0.1, -0.05) is 31.4 Å². The molecule has 0 atom stereocenters. The second-order valence-corrected chi connectivity index (χ2v) is 10.4. The van der Waals surface area contributed by atoms with Crippen LogP contribution >= 0.6 is 0 Å². The predicted octanol–water partition coefficient (Wildman–Crippen LogP) is 4.48. The van der Waals surface area contributed by atoms with E-state index in [0.29, 0.717) is 41.1 Å². The van der Waals surface area contributed by atoms with Gasteiger partial charge in [0.05, 0.1) is 17.5 Å². The van der Waals surface area contributed by atoms with E-state index in [1.165, 1.54) is 6.42 Å². The third-order valence-electron chi connectivity index (χ3n) is 7.35. The van der Waals surface area contributed by atoms with Gasteiger partial charge in [0.15, 0.2) is 11.3 Å². The van der Waals surface area contributed by atoms with Crippen LogP contribution < -0.4 is 4.74 Å². The number of hydrogen-bond acceptors (Lipinski definition) is 6. The average molecular weight is 506 g/mol. The number of carbonyl (C=O) groups is 2. The number of fused-ring (bicyclic) bond motifs is 1. The summed E-state index contributed by atoms with van der Waals surface area (Å²) in [5, 5.41) is 15.4. The molecule has 5 rings (SSSR count). The molecule has 3 aromatic rings. The number of aromatic carboxylic acids is 1. The van der Waals surface area contributed by atoms with E-state index < -0.39 is 5.97 Å². The molecule has 1 aromatic carbocycles. The molecule has 196 valence electrons. The van der Waals surface area contributed by atoms with Gasteiger partial charge in [-0.3, -0.25) is 4.79 Å². The maximum absolute atomic E-state index is 13.1. The number of rotatable bonds is 6. The van der Waals surface area contributed by atoms with E-state index in [0.717, 1.165) is 44.3 Å². The van der Waals surface area contributed by atoms with E-state index in [1.54, 1.807) is 6.07 Å². The van der Waals surface area contributed by atoms with E-state index >= 15 is 0 Å². The molecule has 2 aromatic heterocycles. The van der Waals surface area contributed by atoms with Crippen LogP contribution in [0, 0.1) is 0 Å². The van der Waals surface area contributed by atoms with E-state index in [4.69, 9.17) is 9.84 Å². The van der Waals surface area contributed by atoms with Gasteiger partial charge in [0.1, 0.15) is 0 Å². The van der Waals surface area contributed by atoms with Crippen molar-refractivity contribution < 1.29 is 19.4 Å². The minimum absolute atomic E-state index is 0.0136. The van der Waals surface area contributed by atoms with Gasteiger partial charge in [-0.05, 0) is 57.5 Å². The summed E-state index contributed by atoms with van der Waals surface area (Å²) in [5.41, 5.74) is 2.61. The Morgan fingerprint density at radius 3 is 2.32 bits per heavy atom.